The van der Waals surface area contributed by atoms with Crippen LogP contribution in [0, 0.1) is 5.92 Å². The Balaban J connectivity index is 1.36. The number of aromatic nitrogens is 1. The zero-order chi connectivity index (χ0) is 17.4. The molecule has 1 aromatic heterocycles. The molecule has 0 atom stereocenters. The first-order chi connectivity index (χ1) is 12.1. The van der Waals surface area contributed by atoms with Crippen molar-refractivity contribution in [1.29, 1.82) is 0 Å². The van der Waals surface area contributed by atoms with Gasteiger partial charge in [-0.2, -0.15) is 0 Å². The molecule has 1 saturated heterocycles. The predicted octanol–water partition coefficient (Wildman–Crippen LogP) is 3.57. The van der Waals surface area contributed by atoms with Gasteiger partial charge in [0.2, 0.25) is 5.91 Å². The van der Waals surface area contributed by atoms with Gasteiger partial charge in [-0.25, -0.2) is 4.98 Å². The summed E-state index contributed by atoms with van der Waals surface area (Å²) in [6.07, 6.45) is 0. The number of Topliss-reactive ketones (excluding diaryl/α,β-unsaturated/α-hetero) is 1. The monoisotopic (exact) mass is 351 g/mol. The van der Waals surface area contributed by atoms with Crippen molar-refractivity contribution in [3.8, 4) is 0 Å². The molecule has 0 spiro atoms. The Hall–Kier alpha value is -2.73. The molecule has 126 valence electrons. The van der Waals surface area contributed by atoms with E-state index in [1.54, 1.807) is 35.6 Å². The quantitative estimate of drug-likeness (QED) is 0.730. The van der Waals surface area contributed by atoms with Gasteiger partial charge in [-0.05, 0) is 43.3 Å². The highest BCUT2D eigenvalue weighted by molar-refractivity contribution is 7.22. The van der Waals surface area contributed by atoms with Crippen molar-refractivity contribution in [2.75, 3.05) is 23.3 Å². The highest BCUT2D eigenvalue weighted by Gasteiger charge is 2.34. The molecule has 4 rings (SSSR count). The van der Waals surface area contributed by atoms with E-state index in [1.165, 1.54) is 6.92 Å². The lowest BCUT2D eigenvalue weighted by atomic mass is 10.00. The molecule has 0 aliphatic carbocycles. The van der Waals surface area contributed by atoms with Crippen LogP contribution in [-0.2, 0) is 4.79 Å². The molecule has 6 heteroatoms. The van der Waals surface area contributed by atoms with Gasteiger partial charge in [-0.3, -0.25) is 9.59 Å². The van der Waals surface area contributed by atoms with Gasteiger partial charge in [0, 0.05) is 24.3 Å². The van der Waals surface area contributed by atoms with Crippen LogP contribution >= 0.6 is 11.3 Å². The smallest absolute Gasteiger partial charge is 0.231 e. The molecule has 1 fully saturated rings. The standard InChI is InChI=1S/C19H17N3O2S/c1-12(23)13-6-8-15(9-7-13)20-18(24)14-10-22(11-14)19-21-16-4-2-3-5-17(16)25-19/h2-9,14H,10-11H2,1H3,(H,20,24). The van der Waals surface area contributed by atoms with Crippen LogP contribution in [0.25, 0.3) is 10.2 Å². The number of nitrogens with zero attached hydrogens (tertiary/aromatic N) is 2. The summed E-state index contributed by atoms with van der Waals surface area (Å²) in [5, 5.41) is 3.88. The Morgan fingerprint density at radius 2 is 1.84 bits per heavy atom. The number of amides is 1. The van der Waals surface area contributed by atoms with Crippen molar-refractivity contribution in [3.63, 3.8) is 0 Å². The lowest BCUT2D eigenvalue weighted by Crippen LogP contribution is -2.52. The maximum Gasteiger partial charge on any atom is 0.231 e. The van der Waals surface area contributed by atoms with Crippen LogP contribution in [0.5, 0.6) is 0 Å². The van der Waals surface area contributed by atoms with Crippen molar-refractivity contribution in [3.05, 3.63) is 54.1 Å². The number of rotatable bonds is 4. The van der Waals surface area contributed by atoms with E-state index >= 15 is 0 Å². The number of benzene rings is 2. The summed E-state index contributed by atoms with van der Waals surface area (Å²) < 4.78 is 1.16. The minimum absolute atomic E-state index is 0.00735. The number of para-hydroxylation sites is 1. The number of anilines is 2. The van der Waals surface area contributed by atoms with Crippen LogP contribution in [0.15, 0.2) is 48.5 Å². The van der Waals surface area contributed by atoms with E-state index in [1.807, 2.05) is 18.2 Å². The summed E-state index contributed by atoms with van der Waals surface area (Å²) in [4.78, 5) is 30.4. The number of fused-ring (bicyclic) bond motifs is 1. The zero-order valence-corrected chi connectivity index (χ0v) is 14.5. The summed E-state index contributed by atoms with van der Waals surface area (Å²) in [6.45, 7) is 2.88. The Bertz CT molecular complexity index is 910. The number of hydrogen-bond acceptors (Lipinski definition) is 5. The molecule has 1 aliphatic rings. The van der Waals surface area contributed by atoms with Gasteiger partial charge in [0.25, 0.3) is 0 Å². The summed E-state index contributed by atoms with van der Waals surface area (Å²) in [6, 6.07) is 15.0. The first-order valence-electron chi connectivity index (χ1n) is 8.12. The molecule has 2 heterocycles. The van der Waals surface area contributed by atoms with Gasteiger partial charge in [0.05, 0.1) is 16.1 Å². The Morgan fingerprint density at radius 1 is 1.12 bits per heavy atom. The summed E-state index contributed by atoms with van der Waals surface area (Å²) >= 11 is 1.65. The van der Waals surface area contributed by atoms with Crippen LogP contribution in [0.3, 0.4) is 0 Å². The fourth-order valence-corrected chi connectivity index (χ4v) is 3.81. The van der Waals surface area contributed by atoms with Crippen molar-refractivity contribution in [2.45, 2.75) is 6.92 Å². The average molecular weight is 351 g/mol. The third-order valence-corrected chi connectivity index (χ3v) is 5.46. The van der Waals surface area contributed by atoms with E-state index in [-0.39, 0.29) is 17.6 Å². The average Bonchev–Trinajstić information content (AvgIpc) is 2.97. The fraction of sp³-hybridized carbons (Fsp3) is 0.211. The molecule has 2 aromatic carbocycles. The largest absolute Gasteiger partial charge is 0.346 e. The molecule has 0 bridgehead atoms. The number of carbonyl (C=O) groups excluding carboxylic acids is 2. The third-order valence-electron chi connectivity index (χ3n) is 4.36. The second-order valence-corrected chi connectivity index (χ2v) is 7.20. The van der Waals surface area contributed by atoms with E-state index in [4.69, 9.17) is 0 Å². The number of carbonyl (C=O) groups is 2. The molecule has 5 nitrogen and oxygen atoms in total. The Labute approximate surface area is 149 Å². The van der Waals surface area contributed by atoms with E-state index in [0.29, 0.717) is 24.3 Å². The zero-order valence-electron chi connectivity index (χ0n) is 13.7. The third kappa shape index (κ3) is 3.13. The predicted molar refractivity (Wildman–Crippen MR) is 100 cm³/mol. The number of nitrogens with one attached hydrogen (secondary N) is 1. The van der Waals surface area contributed by atoms with Crippen molar-refractivity contribution in [1.82, 2.24) is 4.98 Å². The van der Waals surface area contributed by atoms with Crippen LogP contribution in [0.1, 0.15) is 17.3 Å². The van der Waals surface area contributed by atoms with Gasteiger partial charge < -0.3 is 10.2 Å². The summed E-state index contributed by atoms with van der Waals surface area (Å²) in [5.74, 6) is -0.0178. The maximum atomic E-state index is 12.3. The molecule has 1 aliphatic heterocycles. The number of hydrogen-bond donors (Lipinski definition) is 1. The molecule has 1 N–H and O–H groups in total. The van der Waals surface area contributed by atoms with Crippen LogP contribution in [-0.4, -0.2) is 29.8 Å². The normalized spacial score (nSPS) is 14.4. The summed E-state index contributed by atoms with van der Waals surface area (Å²) in [7, 11) is 0. The van der Waals surface area contributed by atoms with E-state index < -0.39 is 0 Å². The van der Waals surface area contributed by atoms with E-state index in [2.05, 4.69) is 21.3 Å². The van der Waals surface area contributed by atoms with E-state index in [9.17, 15) is 9.59 Å². The molecule has 1 amide bonds. The van der Waals surface area contributed by atoms with Gasteiger partial charge in [0.15, 0.2) is 10.9 Å². The number of thiazole rings is 1. The minimum Gasteiger partial charge on any atom is -0.346 e. The summed E-state index contributed by atoms with van der Waals surface area (Å²) in [5.41, 5.74) is 2.36. The topological polar surface area (TPSA) is 62.3 Å². The fourth-order valence-electron chi connectivity index (χ4n) is 2.83. The van der Waals surface area contributed by atoms with Crippen molar-refractivity contribution in [2.24, 2.45) is 5.92 Å². The molecular weight excluding hydrogens is 334 g/mol. The lowest BCUT2D eigenvalue weighted by molar-refractivity contribution is -0.120. The first-order valence-corrected chi connectivity index (χ1v) is 8.94. The minimum atomic E-state index is -0.0421. The van der Waals surface area contributed by atoms with Crippen LogP contribution in [0.4, 0.5) is 10.8 Å². The second-order valence-electron chi connectivity index (χ2n) is 6.19. The molecule has 0 saturated carbocycles. The SMILES string of the molecule is CC(=O)c1ccc(NC(=O)C2CN(c3nc4ccccc4s3)C2)cc1. The van der Waals surface area contributed by atoms with Crippen LogP contribution < -0.4 is 10.2 Å². The Morgan fingerprint density at radius 3 is 2.52 bits per heavy atom. The first kappa shape index (κ1) is 15.8. The lowest BCUT2D eigenvalue weighted by Gasteiger charge is -2.37. The second kappa shape index (κ2) is 6.29. The van der Waals surface area contributed by atoms with Crippen molar-refractivity contribution >= 4 is 44.1 Å². The van der Waals surface area contributed by atoms with Crippen LogP contribution in [0.2, 0.25) is 0 Å². The maximum absolute atomic E-state index is 12.3. The van der Waals surface area contributed by atoms with Crippen molar-refractivity contribution < 1.29 is 9.59 Å². The van der Waals surface area contributed by atoms with Gasteiger partial charge in [0.1, 0.15) is 0 Å². The van der Waals surface area contributed by atoms with Gasteiger partial charge in [-0.15, -0.1) is 0 Å². The Kier molecular flexibility index (Phi) is 3.97. The molecular formula is C19H17N3O2S. The highest BCUT2D eigenvalue weighted by atomic mass is 32.1. The highest BCUT2D eigenvalue weighted by Crippen LogP contribution is 2.33. The van der Waals surface area contributed by atoms with Gasteiger partial charge >= 0.3 is 0 Å². The molecule has 0 unspecified atom stereocenters. The van der Waals surface area contributed by atoms with Gasteiger partial charge in [-0.1, -0.05) is 23.5 Å². The number of ketones is 1. The molecule has 0 radical (unpaired) electrons. The molecule has 25 heavy (non-hydrogen) atoms. The molecule has 3 aromatic rings. The van der Waals surface area contributed by atoms with E-state index in [0.717, 1.165) is 15.3 Å².